The Balaban J connectivity index is 1.80. The Morgan fingerprint density at radius 1 is 0.912 bits per heavy atom. The number of sulfonamides is 1. The summed E-state index contributed by atoms with van der Waals surface area (Å²) in [7, 11) is -3.98. The Labute approximate surface area is 199 Å². The van der Waals surface area contributed by atoms with Crippen molar-refractivity contribution in [2.45, 2.75) is 25.7 Å². The molecule has 0 spiro atoms. The van der Waals surface area contributed by atoms with Crippen molar-refractivity contribution in [1.82, 2.24) is 5.43 Å². The van der Waals surface area contributed by atoms with Crippen molar-refractivity contribution in [3.8, 4) is 0 Å². The molecule has 0 bridgehead atoms. The monoisotopic (exact) mass is 478 g/mol. The molecule has 0 aliphatic carbocycles. The van der Waals surface area contributed by atoms with Gasteiger partial charge in [0.15, 0.2) is 0 Å². The lowest BCUT2D eigenvalue weighted by atomic mass is 10.1. The SMILES string of the molecule is CC(=O)Nc1ccc(/C(C)=N\NC(=O)CN(c2cccc(C)c2)S(=O)(=O)c2ccccc2)cc1. The zero-order chi connectivity index (χ0) is 24.7. The van der Waals surface area contributed by atoms with E-state index in [0.29, 0.717) is 17.1 Å². The van der Waals surface area contributed by atoms with E-state index in [4.69, 9.17) is 0 Å². The molecule has 3 aromatic carbocycles. The topological polar surface area (TPSA) is 108 Å². The number of benzene rings is 3. The highest BCUT2D eigenvalue weighted by molar-refractivity contribution is 7.92. The van der Waals surface area contributed by atoms with Gasteiger partial charge in [-0.2, -0.15) is 5.10 Å². The minimum atomic E-state index is -3.98. The number of rotatable bonds is 8. The molecular formula is C25H26N4O4S. The number of hydrogen-bond acceptors (Lipinski definition) is 5. The molecule has 9 heteroatoms. The van der Waals surface area contributed by atoms with E-state index in [0.717, 1.165) is 15.4 Å². The van der Waals surface area contributed by atoms with Crippen LogP contribution in [0.5, 0.6) is 0 Å². The van der Waals surface area contributed by atoms with Gasteiger partial charge in [0.1, 0.15) is 6.54 Å². The normalized spacial score (nSPS) is 11.6. The number of nitrogens with one attached hydrogen (secondary N) is 2. The second-order valence-corrected chi connectivity index (χ2v) is 9.52. The fraction of sp³-hybridized carbons (Fsp3) is 0.160. The summed E-state index contributed by atoms with van der Waals surface area (Å²) in [5.41, 5.74) is 5.59. The largest absolute Gasteiger partial charge is 0.326 e. The predicted molar refractivity (Wildman–Crippen MR) is 133 cm³/mol. The van der Waals surface area contributed by atoms with Crippen LogP contribution in [0.2, 0.25) is 0 Å². The maximum Gasteiger partial charge on any atom is 0.264 e. The summed E-state index contributed by atoms with van der Waals surface area (Å²) in [6.07, 6.45) is 0. The number of carbonyl (C=O) groups is 2. The third-order valence-corrected chi connectivity index (χ3v) is 6.67. The molecule has 0 saturated carbocycles. The van der Waals surface area contributed by atoms with Crippen LogP contribution in [0.3, 0.4) is 0 Å². The maximum absolute atomic E-state index is 13.3. The van der Waals surface area contributed by atoms with Crippen LogP contribution in [0.1, 0.15) is 25.0 Å². The van der Waals surface area contributed by atoms with E-state index in [1.165, 1.54) is 19.1 Å². The van der Waals surface area contributed by atoms with Gasteiger partial charge in [-0.05, 0) is 61.4 Å². The summed E-state index contributed by atoms with van der Waals surface area (Å²) in [6, 6.07) is 21.9. The van der Waals surface area contributed by atoms with Crippen molar-refractivity contribution in [3.63, 3.8) is 0 Å². The van der Waals surface area contributed by atoms with Crippen molar-refractivity contribution in [1.29, 1.82) is 0 Å². The lowest BCUT2D eigenvalue weighted by molar-refractivity contribution is -0.119. The first kappa shape index (κ1) is 24.7. The third-order valence-electron chi connectivity index (χ3n) is 4.88. The predicted octanol–water partition coefficient (Wildman–Crippen LogP) is 3.69. The minimum absolute atomic E-state index is 0.0863. The molecule has 2 N–H and O–H groups in total. The number of hydrogen-bond donors (Lipinski definition) is 2. The Morgan fingerprint density at radius 2 is 1.59 bits per heavy atom. The molecule has 2 amide bonds. The van der Waals surface area contributed by atoms with Crippen LogP contribution in [-0.2, 0) is 19.6 Å². The average Bonchev–Trinajstić information content (AvgIpc) is 2.81. The van der Waals surface area contributed by atoms with Crippen LogP contribution in [0, 0.1) is 6.92 Å². The standard InChI is InChI=1S/C25H26N4O4S/c1-18-8-7-9-23(16-18)29(34(32,33)24-10-5-4-6-11-24)17-25(31)28-27-19(2)21-12-14-22(15-13-21)26-20(3)30/h4-16H,17H2,1-3H3,(H,26,30)(H,28,31)/b27-19-. The molecule has 0 aliphatic rings. The minimum Gasteiger partial charge on any atom is -0.326 e. The highest BCUT2D eigenvalue weighted by Gasteiger charge is 2.27. The summed E-state index contributed by atoms with van der Waals surface area (Å²) in [4.78, 5) is 24.0. The van der Waals surface area contributed by atoms with Crippen LogP contribution in [0.15, 0.2) is 88.9 Å². The number of amides is 2. The van der Waals surface area contributed by atoms with Crippen molar-refractivity contribution >= 4 is 38.9 Å². The van der Waals surface area contributed by atoms with Gasteiger partial charge in [-0.25, -0.2) is 13.8 Å². The van der Waals surface area contributed by atoms with Crippen LogP contribution in [0.4, 0.5) is 11.4 Å². The van der Waals surface area contributed by atoms with Gasteiger partial charge in [0.2, 0.25) is 5.91 Å². The van der Waals surface area contributed by atoms with Crippen molar-refractivity contribution in [2.75, 3.05) is 16.2 Å². The van der Waals surface area contributed by atoms with Gasteiger partial charge >= 0.3 is 0 Å². The summed E-state index contributed by atoms with van der Waals surface area (Å²) in [5, 5.41) is 6.79. The van der Waals surface area contributed by atoms with Gasteiger partial charge in [-0.1, -0.05) is 42.5 Å². The molecule has 0 fully saturated rings. The smallest absolute Gasteiger partial charge is 0.264 e. The molecule has 0 radical (unpaired) electrons. The van der Waals surface area contributed by atoms with Gasteiger partial charge in [0.05, 0.1) is 16.3 Å². The number of nitrogens with zero attached hydrogens (tertiary/aromatic N) is 2. The van der Waals surface area contributed by atoms with Gasteiger partial charge in [-0.3, -0.25) is 13.9 Å². The third kappa shape index (κ3) is 6.29. The van der Waals surface area contributed by atoms with Crippen LogP contribution in [0.25, 0.3) is 0 Å². The lowest BCUT2D eigenvalue weighted by Crippen LogP contribution is -2.39. The second kappa shape index (κ2) is 10.8. The van der Waals surface area contributed by atoms with Crippen LogP contribution < -0.4 is 15.0 Å². The number of anilines is 2. The Kier molecular flexibility index (Phi) is 7.80. The zero-order valence-corrected chi connectivity index (χ0v) is 20.0. The van der Waals surface area contributed by atoms with E-state index < -0.39 is 22.5 Å². The first-order chi connectivity index (χ1) is 16.2. The van der Waals surface area contributed by atoms with E-state index in [-0.39, 0.29) is 10.8 Å². The fourth-order valence-corrected chi connectivity index (χ4v) is 4.63. The molecule has 0 saturated heterocycles. The quantitative estimate of drug-likeness (QED) is 0.380. The average molecular weight is 479 g/mol. The van der Waals surface area contributed by atoms with E-state index in [1.54, 1.807) is 67.6 Å². The van der Waals surface area contributed by atoms with E-state index in [2.05, 4.69) is 15.8 Å². The summed E-state index contributed by atoms with van der Waals surface area (Å²) in [6.45, 7) is 4.54. The Hall–Kier alpha value is -3.98. The first-order valence-corrected chi connectivity index (χ1v) is 12.0. The Morgan fingerprint density at radius 3 is 2.21 bits per heavy atom. The lowest BCUT2D eigenvalue weighted by Gasteiger charge is -2.24. The van der Waals surface area contributed by atoms with E-state index >= 15 is 0 Å². The van der Waals surface area contributed by atoms with Crippen LogP contribution >= 0.6 is 0 Å². The molecule has 0 atom stereocenters. The van der Waals surface area contributed by atoms with Crippen molar-refractivity contribution in [2.24, 2.45) is 5.10 Å². The molecule has 3 aromatic rings. The summed E-state index contributed by atoms with van der Waals surface area (Å²) < 4.78 is 27.7. The number of carbonyl (C=O) groups excluding carboxylic acids is 2. The van der Waals surface area contributed by atoms with Crippen molar-refractivity contribution in [3.05, 3.63) is 90.0 Å². The molecule has 3 rings (SSSR count). The molecular weight excluding hydrogens is 452 g/mol. The zero-order valence-electron chi connectivity index (χ0n) is 19.1. The molecule has 34 heavy (non-hydrogen) atoms. The first-order valence-electron chi connectivity index (χ1n) is 10.5. The summed E-state index contributed by atoms with van der Waals surface area (Å²) in [5.74, 6) is -0.760. The second-order valence-electron chi connectivity index (χ2n) is 7.65. The molecule has 0 aliphatic heterocycles. The molecule has 8 nitrogen and oxygen atoms in total. The molecule has 0 aromatic heterocycles. The highest BCUT2D eigenvalue weighted by atomic mass is 32.2. The molecule has 0 unspecified atom stereocenters. The number of aryl methyl sites for hydroxylation is 1. The molecule has 0 heterocycles. The fourth-order valence-electron chi connectivity index (χ4n) is 3.19. The van der Waals surface area contributed by atoms with Gasteiger partial charge in [0.25, 0.3) is 15.9 Å². The summed E-state index contributed by atoms with van der Waals surface area (Å²) >= 11 is 0. The van der Waals surface area contributed by atoms with Crippen molar-refractivity contribution < 1.29 is 18.0 Å². The van der Waals surface area contributed by atoms with Gasteiger partial charge in [0, 0.05) is 12.6 Å². The Bertz CT molecular complexity index is 1300. The van der Waals surface area contributed by atoms with Gasteiger partial charge in [-0.15, -0.1) is 0 Å². The van der Waals surface area contributed by atoms with E-state index in [1.807, 2.05) is 13.0 Å². The van der Waals surface area contributed by atoms with Crippen LogP contribution in [-0.4, -0.2) is 32.5 Å². The van der Waals surface area contributed by atoms with Gasteiger partial charge < -0.3 is 5.32 Å². The molecule has 176 valence electrons. The maximum atomic E-state index is 13.3. The number of hydrazone groups is 1. The highest BCUT2D eigenvalue weighted by Crippen LogP contribution is 2.24. The van der Waals surface area contributed by atoms with E-state index in [9.17, 15) is 18.0 Å².